The van der Waals surface area contributed by atoms with Gasteiger partial charge in [-0.1, -0.05) is 17.2 Å². The van der Waals surface area contributed by atoms with Gasteiger partial charge in [0, 0.05) is 4.90 Å². The maximum absolute atomic E-state index is 10.6. The van der Waals surface area contributed by atoms with Crippen LogP contribution in [0.15, 0.2) is 34.1 Å². The van der Waals surface area contributed by atoms with Crippen molar-refractivity contribution < 1.29 is 52.9 Å². The van der Waals surface area contributed by atoms with E-state index in [1.54, 1.807) is 12.1 Å². The fraction of sp³-hybridized carbons (Fsp3) is 0. The maximum Gasteiger partial charge on any atom is 1.00 e. The van der Waals surface area contributed by atoms with E-state index >= 15 is 0 Å². The van der Waals surface area contributed by atoms with E-state index in [0.717, 1.165) is 0 Å². The fourth-order valence-electron chi connectivity index (χ4n) is 0.709. The molecule has 0 aliphatic carbocycles. The van der Waals surface area contributed by atoms with Crippen LogP contribution in [-0.4, -0.2) is 14.0 Å². The first kappa shape index (κ1) is 14.6. The van der Waals surface area contributed by atoms with Crippen LogP contribution in [0.3, 0.4) is 0 Å². The standard InChI is InChI=1S/C6H6O5S2.Na/c7-10-11-12-5-3-1-2-4-6(5)13(8)9;/h1-4,7H,(H,8,9);/q;+1/p-1. The SMILES string of the molecule is O=S([O-])c1ccccc1SOOO.[Na+]. The number of hydrogen-bond donors (Lipinski definition) is 1. The van der Waals surface area contributed by atoms with Crippen molar-refractivity contribution in [2.45, 2.75) is 9.79 Å². The van der Waals surface area contributed by atoms with Crippen LogP contribution in [0.1, 0.15) is 0 Å². The van der Waals surface area contributed by atoms with Gasteiger partial charge in [-0.15, -0.1) is 4.33 Å². The average molecular weight is 244 g/mol. The van der Waals surface area contributed by atoms with E-state index in [2.05, 4.69) is 9.37 Å². The largest absolute Gasteiger partial charge is 1.00 e. The molecule has 0 aliphatic heterocycles. The van der Waals surface area contributed by atoms with Crippen LogP contribution in [0.5, 0.6) is 0 Å². The van der Waals surface area contributed by atoms with Gasteiger partial charge in [0.1, 0.15) is 0 Å². The zero-order chi connectivity index (χ0) is 9.68. The molecule has 0 spiro atoms. The molecule has 1 rings (SSSR count). The molecule has 0 amide bonds. The summed E-state index contributed by atoms with van der Waals surface area (Å²) in [5.41, 5.74) is 0. The Morgan fingerprint density at radius 1 is 1.43 bits per heavy atom. The third-order valence-corrected chi connectivity index (χ3v) is 2.69. The van der Waals surface area contributed by atoms with E-state index in [4.69, 9.17) is 5.26 Å². The molecule has 0 radical (unpaired) electrons. The minimum absolute atomic E-state index is 0. The van der Waals surface area contributed by atoms with Crippen molar-refractivity contribution in [3.63, 3.8) is 0 Å². The van der Waals surface area contributed by atoms with Crippen LogP contribution in [-0.2, 0) is 20.5 Å². The first-order valence-electron chi connectivity index (χ1n) is 3.08. The zero-order valence-corrected chi connectivity index (χ0v) is 10.8. The van der Waals surface area contributed by atoms with Gasteiger partial charge in [-0.25, -0.2) is 5.26 Å². The molecular weight excluding hydrogens is 239 g/mol. The van der Waals surface area contributed by atoms with Gasteiger partial charge >= 0.3 is 29.6 Å². The summed E-state index contributed by atoms with van der Waals surface area (Å²) in [5, 5.41) is 11.2. The van der Waals surface area contributed by atoms with E-state index < -0.39 is 11.1 Å². The molecule has 0 bridgehead atoms. The Morgan fingerprint density at radius 2 is 2.07 bits per heavy atom. The minimum Gasteiger partial charge on any atom is -0.768 e. The van der Waals surface area contributed by atoms with Crippen molar-refractivity contribution >= 4 is 23.1 Å². The quantitative estimate of drug-likeness (QED) is 0.225. The molecule has 0 saturated carbocycles. The Hall–Kier alpha value is 0.560. The Labute approximate surface area is 109 Å². The molecule has 1 aromatic carbocycles. The van der Waals surface area contributed by atoms with Crippen molar-refractivity contribution in [1.82, 2.24) is 0 Å². The minimum atomic E-state index is -2.33. The molecular formula is C6H5NaO5S2. The summed E-state index contributed by atoms with van der Waals surface area (Å²) in [4.78, 5) is 0.425. The third-order valence-electron chi connectivity index (χ3n) is 1.18. The Kier molecular flexibility index (Phi) is 8.11. The Morgan fingerprint density at radius 3 is 2.64 bits per heavy atom. The summed E-state index contributed by atoms with van der Waals surface area (Å²) in [7, 11) is 0. The van der Waals surface area contributed by atoms with E-state index in [9.17, 15) is 8.76 Å². The first-order chi connectivity index (χ1) is 6.25. The third kappa shape index (κ3) is 4.39. The van der Waals surface area contributed by atoms with Gasteiger partial charge in [0.25, 0.3) is 0 Å². The van der Waals surface area contributed by atoms with Gasteiger partial charge < -0.3 is 4.55 Å². The van der Waals surface area contributed by atoms with Crippen LogP contribution in [0.4, 0.5) is 0 Å². The van der Waals surface area contributed by atoms with E-state index in [1.165, 1.54) is 12.1 Å². The van der Waals surface area contributed by atoms with E-state index in [-0.39, 0.29) is 34.5 Å². The van der Waals surface area contributed by atoms with Crippen molar-refractivity contribution in [3.05, 3.63) is 24.3 Å². The van der Waals surface area contributed by atoms with Gasteiger partial charge in [0.05, 0.1) is 16.9 Å². The molecule has 5 nitrogen and oxygen atoms in total. The van der Waals surface area contributed by atoms with Gasteiger partial charge in [0.15, 0.2) is 0 Å². The normalized spacial score (nSPS) is 11.9. The van der Waals surface area contributed by atoms with Crippen molar-refractivity contribution in [2.24, 2.45) is 0 Å². The summed E-state index contributed by atoms with van der Waals surface area (Å²) in [6, 6.07) is 6.15. The maximum atomic E-state index is 10.6. The molecule has 8 heteroatoms. The van der Waals surface area contributed by atoms with Crippen LogP contribution in [0.25, 0.3) is 0 Å². The van der Waals surface area contributed by atoms with Crippen LogP contribution in [0.2, 0.25) is 0 Å². The predicted octanol–water partition coefficient (Wildman–Crippen LogP) is -1.64. The molecule has 0 fully saturated rings. The zero-order valence-electron chi connectivity index (χ0n) is 7.21. The second-order valence-electron chi connectivity index (χ2n) is 1.91. The molecule has 1 atom stereocenters. The second-order valence-corrected chi connectivity index (χ2v) is 3.56. The van der Waals surface area contributed by atoms with Crippen molar-refractivity contribution in [3.8, 4) is 0 Å². The molecule has 0 heterocycles. The fourth-order valence-corrected chi connectivity index (χ4v) is 1.82. The van der Waals surface area contributed by atoms with Crippen molar-refractivity contribution in [1.29, 1.82) is 0 Å². The van der Waals surface area contributed by atoms with Crippen LogP contribution >= 0.6 is 12.0 Å². The summed E-state index contributed by atoms with van der Waals surface area (Å²) in [6.07, 6.45) is 0. The van der Waals surface area contributed by atoms with Crippen LogP contribution in [0, 0.1) is 0 Å². The van der Waals surface area contributed by atoms with Gasteiger partial charge in [-0.05, 0) is 23.2 Å². The summed E-state index contributed by atoms with van der Waals surface area (Å²) >= 11 is -1.72. The summed E-state index contributed by atoms with van der Waals surface area (Å²) < 4.78 is 25.3. The topological polar surface area (TPSA) is 78.8 Å². The van der Waals surface area contributed by atoms with Crippen molar-refractivity contribution in [2.75, 3.05) is 0 Å². The summed E-state index contributed by atoms with van der Waals surface area (Å²) in [6.45, 7) is 0. The number of benzene rings is 1. The van der Waals surface area contributed by atoms with Gasteiger partial charge in [-0.3, -0.25) is 4.21 Å². The van der Waals surface area contributed by atoms with Crippen LogP contribution < -0.4 is 29.6 Å². The molecule has 0 aliphatic rings. The molecule has 0 aromatic heterocycles. The molecule has 0 saturated heterocycles. The second kappa shape index (κ2) is 7.80. The van der Waals surface area contributed by atoms with Gasteiger partial charge in [0.2, 0.25) is 0 Å². The van der Waals surface area contributed by atoms with E-state index in [0.29, 0.717) is 16.9 Å². The molecule has 14 heavy (non-hydrogen) atoms. The van der Waals surface area contributed by atoms with E-state index in [1.807, 2.05) is 0 Å². The molecule has 1 unspecified atom stereocenters. The number of rotatable bonds is 4. The predicted molar refractivity (Wildman–Crippen MR) is 44.3 cm³/mol. The van der Waals surface area contributed by atoms with Gasteiger partial charge in [-0.2, -0.15) is 0 Å². The molecule has 1 aromatic rings. The monoisotopic (exact) mass is 244 g/mol. The average Bonchev–Trinajstić information content (AvgIpc) is 2.15. The smallest absolute Gasteiger partial charge is 0.768 e. The Balaban J connectivity index is 0.00000169. The first-order valence-corrected chi connectivity index (χ1v) is 4.90. The summed E-state index contributed by atoms with van der Waals surface area (Å²) in [5.74, 6) is 0. The molecule has 1 N–H and O–H groups in total. The number of hydrogen-bond acceptors (Lipinski definition) is 6. The Bertz CT molecular complexity index is 308. The molecule has 72 valence electrons.